The van der Waals surface area contributed by atoms with Crippen LogP contribution < -0.4 is 5.32 Å². The van der Waals surface area contributed by atoms with Crippen molar-refractivity contribution in [2.24, 2.45) is 4.99 Å². The summed E-state index contributed by atoms with van der Waals surface area (Å²) < 4.78 is 0. The summed E-state index contributed by atoms with van der Waals surface area (Å²) in [5, 5.41) is 4.26. The van der Waals surface area contributed by atoms with Gasteiger partial charge in [-0.2, -0.15) is 0 Å². The molecule has 108 valence electrons. The number of amidine groups is 1. The summed E-state index contributed by atoms with van der Waals surface area (Å²) in [5.74, 6) is 1.33. The quantitative estimate of drug-likeness (QED) is 0.864. The number of hydrogen-bond donors (Lipinski definition) is 1. The Hall–Kier alpha value is -0.710. The maximum atomic E-state index is 12.3. The van der Waals surface area contributed by atoms with Crippen molar-refractivity contribution in [2.75, 3.05) is 18.8 Å². The van der Waals surface area contributed by atoms with E-state index in [1.165, 1.54) is 6.42 Å². The fraction of sp³-hybridized carbons (Fsp3) is 0.857. The van der Waals surface area contributed by atoms with E-state index in [0.717, 1.165) is 49.7 Å². The lowest BCUT2D eigenvalue weighted by Crippen LogP contribution is -2.48. The standard InChI is InChI=1S/C14H25N3OS/c1-3-12-7-10-19-14(16-12)15-11(2)13(18)17-8-5-4-6-9-17/h11-12H,3-10H2,1-2H3,(H,15,16). The maximum Gasteiger partial charge on any atom is 0.244 e. The van der Waals surface area contributed by atoms with E-state index in [1.807, 2.05) is 11.8 Å². The highest BCUT2D eigenvalue weighted by Gasteiger charge is 2.24. The van der Waals surface area contributed by atoms with Crippen LogP contribution in [0.25, 0.3) is 0 Å². The number of amides is 1. The molecule has 2 aliphatic heterocycles. The number of aliphatic imine (C=N–C) groups is 1. The number of nitrogens with one attached hydrogen (secondary N) is 1. The SMILES string of the molecule is CCC1CCSC(NC(C)C(=O)N2CCCCC2)=N1. The van der Waals surface area contributed by atoms with Crippen LogP contribution in [0, 0.1) is 0 Å². The fourth-order valence-electron chi connectivity index (χ4n) is 2.57. The summed E-state index contributed by atoms with van der Waals surface area (Å²) in [7, 11) is 0. The molecule has 1 fully saturated rings. The van der Waals surface area contributed by atoms with Gasteiger partial charge in [0.15, 0.2) is 5.17 Å². The molecule has 0 bridgehead atoms. The molecular formula is C14H25N3OS. The number of likely N-dealkylation sites (tertiary alicyclic amines) is 1. The average molecular weight is 283 g/mol. The molecule has 0 aromatic heterocycles. The van der Waals surface area contributed by atoms with Crippen molar-refractivity contribution in [3.05, 3.63) is 0 Å². The summed E-state index contributed by atoms with van der Waals surface area (Å²) >= 11 is 1.74. The van der Waals surface area contributed by atoms with Gasteiger partial charge in [-0.3, -0.25) is 9.79 Å². The monoisotopic (exact) mass is 283 g/mol. The van der Waals surface area contributed by atoms with Gasteiger partial charge in [0.1, 0.15) is 6.04 Å². The minimum absolute atomic E-state index is 0.153. The third kappa shape index (κ3) is 4.13. The largest absolute Gasteiger partial charge is 0.353 e. The van der Waals surface area contributed by atoms with E-state index in [0.29, 0.717) is 6.04 Å². The molecule has 0 radical (unpaired) electrons. The molecule has 2 heterocycles. The number of nitrogens with zero attached hydrogens (tertiary/aromatic N) is 2. The number of hydrogen-bond acceptors (Lipinski definition) is 4. The van der Waals surface area contributed by atoms with Gasteiger partial charge in [0.2, 0.25) is 5.91 Å². The fourth-order valence-corrected chi connectivity index (χ4v) is 3.64. The van der Waals surface area contributed by atoms with Gasteiger partial charge in [-0.15, -0.1) is 0 Å². The van der Waals surface area contributed by atoms with Crippen LogP contribution in [0.5, 0.6) is 0 Å². The van der Waals surface area contributed by atoms with Crippen LogP contribution in [0.3, 0.4) is 0 Å². The number of thioether (sulfide) groups is 1. The zero-order valence-electron chi connectivity index (χ0n) is 12.0. The predicted octanol–water partition coefficient (Wildman–Crippen LogP) is 2.25. The lowest BCUT2D eigenvalue weighted by atomic mass is 10.1. The van der Waals surface area contributed by atoms with Gasteiger partial charge in [0, 0.05) is 18.8 Å². The molecule has 1 saturated heterocycles. The van der Waals surface area contributed by atoms with Gasteiger partial charge in [-0.05, 0) is 39.0 Å². The molecule has 0 aliphatic carbocycles. The number of carbonyl (C=O) groups is 1. The molecule has 1 N–H and O–H groups in total. The zero-order chi connectivity index (χ0) is 13.7. The molecule has 1 amide bonds. The Kier molecular flexibility index (Phi) is 5.55. The molecule has 0 saturated carbocycles. The van der Waals surface area contributed by atoms with E-state index in [4.69, 9.17) is 0 Å². The van der Waals surface area contributed by atoms with Crippen molar-refractivity contribution < 1.29 is 4.79 Å². The maximum absolute atomic E-state index is 12.3. The summed E-state index contributed by atoms with van der Waals surface area (Å²) in [6.45, 7) is 5.96. The Morgan fingerprint density at radius 2 is 2.21 bits per heavy atom. The minimum atomic E-state index is -0.153. The lowest BCUT2D eigenvalue weighted by Gasteiger charge is -2.30. The van der Waals surface area contributed by atoms with Crippen molar-refractivity contribution in [2.45, 2.75) is 58.0 Å². The molecule has 2 aliphatic rings. The highest BCUT2D eigenvalue weighted by Crippen LogP contribution is 2.19. The molecular weight excluding hydrogens is 258 g/mol. The molecule has 0 aromatic rings. The molecule has 2 unspecified atom stereocenters. The first-order valence-electron chi connectivity index (χ1n) is 7.46. The van der Waals surface area contributed by atoms with E-state index in [2.05, 4.69) is 17.2 Å². The number of carbonyl (C=O) groups excluding carboxylic acids is 1. The normalized spacial score (nSPS) is 25.7. The average Bonchev–Trinajstić information content (AvgIpc) is 2.47. The van der Waals surface area contributed by atoms with Crippen molar-refractivity contribution in [3.63, 3.8) is 0 Å². The molecule has 19 heavy (non-hydrogen) atoms. The second-order valence-corrected chi connectivity index (χ2v) is 6.47. The summed E-state index contributed by atoms with van der Waals surface area (Å²) in [6, 6.07) is 0.279. The van der Waals surface area contributed by atoms with Gasteiger partial charge in [0.25, 0.3) is 0 Å². The molecule has 2 rings (SSSR count). The third-order valence-electron chi connectivity index (χ3n) is 3.84. The molecule has 0 aromatic carbocycles. The molecule has 0 spiro atoms. The number of piperidine rings is 1. The van der Waals surface area contributed by atoms with Crippen LogP contribution in [0.1, 0.15) is 46.0 Å². The summed E-state index contributed by atoms with van der Waals surface area (Å²) in [6.07, 6.45) is 5.78. The summed E-state index contributed by atoms with van der Waals surface area (Å²) in [4.78, 5) is 19.0. The topological polar surface area (TPSA) is 44.7 Å². The van der Waals surface area contributed by atoms with Crippen molar-refractivity contribution in [1.82, 2.24) is 10.2 Å². The van der Waals surface area contributed by atoms with Gasteiger partial charge < -0.3 is 10.2 Å². The van der Waals surface area contributed by atoms with Crippen molar-refractivity contribution in [1.29, 1.82) is 0 Å². The van der Waals surface area contributed by atoms with Crippen LogP contribution in [-0.2, 0) is 4.79 Å². The second-order valence-electron chi connectivity index (χ2n) is 5.39. The third-order valence-corrected chi connectivity index (χ3v) is 4.78. The Balaban J connectivity index is 1.87. The van der Waals surface area contributed by atoms with Gasteiger partial charge in [-0.25, -0.2) is 0 Å². The van der Waals surface area contributed by atoms with E-state index in [1.54, 1.807) is 11.8 Å². The van der Waals surface area contributed by atoms with Crippen LogP contribution >= 0.6 is 11.8 Å². The second kappa shape index (κ2) is 7.17. The summed E-state index contributed by atoms with van der Waals surface area (Å²) in [5.41, 5.74) is 0. The van der Waals surface area contributed by atoms with Crippen molar-refractivity contribution in [3.8, 4) is 0 Å². The van der Waals surface area contributed by atoms with Crippen LogP contribution in [-0.4, -0.2) is 46.9 Å². The highest BCUT2D eigenvalue weighted by atomic mass is 32.2. The molecule has 4 nitrogen and oxygen atoms in total. The lowest BCUT2D eigenvalue weighted by molar-refractivity contribution is -0.133. The van der Waals surface area contributed by atoms with Gasteiger partial charge in [-0.1, -0.05) is 18.7 Å². The first kappa shape index (κ1) is 14.7. The Bertz CT molecular complexity index is 340. The van der Waals surface area contributed by atoms with E-state index in [9.17, 15) is 4.79 Å². The first-order valence-corrected chi connectivity index (χ1v) is 8.45. The van der Waals surface area contributed by atoms with Crippen LogP contribution in [0.15, 0.2) is 4.99 Å². The van der Waals surface area contributed by atoms with Crippen molar-refractivity contribution >= 4 is 22.8 Å². The van der Waals surface area contributed by atoms with Crippen LogP contribution in [0.2, 0.25) is 0 Å². The Morgan fingerprint density at radius 3 is 2.89 bits per heavy atom. The Morgan fingerprint density at radius 1 is 1.47 bits per heavy atom. The van der Waals surface area contributed by atoms with Crippen LogP contribution in [0.4, 0.5) is 0 Å². The smallest absolute Gasteiger partial charge is 0.244 e. The Labute approximate surface area is 120 Å². The van der Waals surface area contributed by atoms with E-state index >= 15 is 0 Å². The number of rotatable bonds is 3. The van der Waals surface area contributed by atoms with Gasteiger partial charge in [0.05, 0.1) is 6.04 Å². The van der Waals surface area contributed by atoms with Gasteiger partial charge >= 0.3 is 0 Å². The molecule has 5 heteroatoms. The first-order chi connectivity index (χ1) is 9.20. The van der Waals surface area contributed by atoms with E-state index in [-0.39, 0.29) is 11.9 Å². The highest BCUT2D eigenvalue weighted by molar-refractivity contribution is 8.13. The van der Waals surface area contributed by atoms with E-state index < -0.39 is 0 Å². The zero-order valence-corrected chi connectivity index (χ0v) is 12.8. The molecule has 2 atom stereocenters. The predicted molar refractivity (Wildman–Crippen MR) is 81.6 cm³/mol. The minimum Gasteiger partial charge on any atom is -0.353 e.